The highest BCUT2D eigenvalue weighted by atomic mass is 35.5. The van der Waals surface area contributed by atoms with Gasteiger partial charge in [-0.05, 0) is 35.8 Å². The van der Waals surface area contributed by atoms with E-state index in [1.807, 2.05) is 30.3 Å². The summed E-state index contributed by atoms with van der Waals surface area (Å²) in [5.41, 5.74) is 1.43. The van der Waals surface area contributed by atoms with Crippen LogP contribution in [0.1, 0.15) is 0 Å². The number of rotatable bonds is 6. The van der Waals surface area contributed by atoms with Gasteiger partial charge in [-0.3, -0.25) is 4.79 Å². The van der Waals surface area contributed by atoms with E-state index < -0.39 is 0 Å². The molecule has 0 saturated carbocycles. The van der Waals surface area contributed by atoms with Gasteiger partial charge in [0.15, 0.2) is 10.2 Å². The molecule has 2 aromatic carbocycles. The number of hydrogen-bond donors (Lipinski definition) is 1. The van der Waals surface area contributed by atoms with Crippen LogP contribution in [-0.2, 0) is 4.79 Å². The number of methoxy groups -OCH3 is 1. The van der Waals surface area contributed by atoms with Crippen molar-refractivity contribution in [1.82, 2.24) is 9.36 Å². The van der Waals surface area contributed by atoms with Crippen molar-refractivity contribution in [3.8, 4) is 17.1 Å². The molecule has 1 heterocycles. The van der Waals surface area contributed by atoms with E-state index in [-0.39, 0.29) is 11.7 Å². The van der Waals surface area contributed by atoms with Gasteiger partial charge < -0.3 is 10.1 Å². The van der Waals surface area contributed by atoms with E-state index in [0.29, 0.717) is 26.6 Å². The van der Waals surface area contributed by atoms with Gasteiger partial charge in [0, 0.05) is 5.56 Å². The minimum absolute atomic E-state index is 0.135. The maximum absolute atomic E-state index is 12.1. The molecule has 0 aliphatic rings. The lowest BCUT2D eigenvalue weighted by Gasteiger charge is -2.08. The van der Waals surface area contributed by atoms with Crippen LogP contribution in [0.5, 0.6) is 5.75 Å². The van der Waals surface area contributed by atoms with Crippen molar-refractivity contribution in [2.45, 2.75) is 4.34 Å². The van der Waals surface area contributed by atoms with Crippen molar-refractivity contribution < 1.29 is 9.53 Å². The highest BCUT2D eigenvalue weighted by Crippen LogP contribution is 2.30. The van der Waals surface area contributed by atoms with Gasteiger partial charge in [-0.15, -0.1) is 0 Å². The summed E-state index contributed by atoms with van der Waals surface area (Å²) in [4.78, 5) is 16.6. The van der Waals surface area contributed by atoms with Gasteiger partial charge in [0.2, 0.25) is 5.91 Å². The fourth-order valence-electron chi connectivity index (χ4n) is 2.08. The number of hydrogen-bond acceptors (Lipinski definition) is 6. The standard InChI is InChI=1S/C17H14ClN3O2S2/c1-23-14-9-5-4-8-13(14)19-15(22)10-24-17-20-16(21-25-17)11-6-2-3-7-12(11)18/h2-9H,10H2,1H3,(H,19,22). The zero-order valence-electron chi connectivity index (χ0n) is 13.2. The van der Waals surface area contributed by atoms with Crippen molar-refractivity contribution >= 4 is 46.5 Å². The Morgan fingerprint density at radius 3 is 2.80 bits per heavy atom. The predicted molar refractivity (Wildman–Crippen MR) is 103 cm³/mol. The fourth-order valence-corrected chi connectivity index (χ4v) is 3.71. The lowest BCUT2D eigenvalue weighted by molar-refractivity contribution is -0.113. The summed E-state index contributed by atoms with van der Waals surface area (Å²) in [7, 11) is 1.57. The van der Waals surface area contributed by atoms with E-state index in [4.69, 9.17) is 16.3 Å². The summed E-state index contributed by atoms with van der Waals surface area (Å²) in [5, 5.41) is 3.43. The molecule has 0 bridgehead atoms. The molecule has 0 radical (unpaired) electrons. The zero-order valence-corrected chi connectivity index (χ0v) is 15.6. The number of nitrogens with zero attached hydrogens (tertiary/aromatic N) is 2. The summed E-state index contributed by atoms with van der Waals surface area (Å²) in [5.74, 6) is 1.29. The predicted octanol–water partition coefficient (Wildman–Crippen LogP) is 4.60. The van der Waals surface area contributed by atoms with Gasteiger partial charge >= 0.3 is 0 Å². The van der Waals surface area contributed by atoms with E-state index in [9.17, 15) is 4.79 Å². The van der Waals surface area contributed by atoms with Gasteiger partial charge in [0.1, 0.15) is 5.75 Å². The maximum Gasteiger partial charge on any atom is 0.234 e. The summed E-state index contributed by atoms with van der Waals surface area (Å²) in [6, 6.07) is 14.7. The van der Waals surface area contributed by atoms with Crippen molar-refractivity contribution in [3.63, 3.8) is 0 Å². The average molecular weight is 392 g/mol. The van der Waals surface area contributed by atoms with Crippen LogP contribution in [0.15, 0.2) is 52.9 Å². The molecule has 3 rings (SSSR count). The molecule has 0 spiro atoms. The van der Waals surface area contributed by atoms with Crippen LogP contribution in [-0.4, -0.2) is 28.1 Å². The van der Waals surface area contributed by atoms with Crippen LogP contribution in [0.4, 0.5) is 5.69 Å². The molecule has 5 nitrogen and oxygen atoms in total. The third-order valence-corrected chi connectivity index (χ3v) is 5.39. The van der Waals surface area contributed by atoms with Crippen LogP contribution in [0.2, 0.25) is 5.02 Å². The number of carbonyl (C=O) groups excluding carboxylic acids is 1. The first-order valence-corrected chi connectivity index (χ1v) is 9.45. The molecule has 25 heavy (non-hydrogen) atoms. The Morgan fingerprint density at radius 1 is 1.24 bits per heavy atom. The minimum atomic E-state index is -0.135. The van der Waals surface area contributed by atoms with Gasteiger partial charge in [0.05, 0.1) is 23.6 Å². The van der Waals surface area contributed by atoms with E-state index in [1.54, 1.807) is 25.3 Å². The third kappa shape index (κ3) is 4.50. The van der Waals surface area contributed by atoms with E-state index in [1.165, 1.54) is 23.3 Å². The number of thioether (sulfide) groups is 1. The molecular formula is C17H14ClN3O2S2. The van der Waals surface area contributed by atoms with Crippen LogP contribution >= 0.6 is 34.9 Å². The van der Waals surface area contributed by atoms with E-state index >= 15 is 0 Å². The van der Waals surface area contributed by atoms with Crippen molar-refractivity contribution in [1.29, 1.82) is 0 Å². The molecule has 0 atom stereocenters. The maximum atomic E-state index is 12.1. The second-order valence-corrected chi connectivity index (χ2v) is 7.28. The number of amides is 1. The molecular weight excluding hydrogens is 378 g/mol. The molecule has 8 heteroatoms. The second kappa shape index (κ2) is 8.33. The number of halogens is 1. The first kappa shape index (κ1) is 17.7. The van der Waals surface area contributed by atoms with E-state index in [2.05, 4.69) is 14.7 Å². The Kier molecular flexibility index (Phi) is 5.91. The van der Waals surface area contributed by atoms with Crippen LogP contribution < -0.4 is 10.1 Å². The largest absolute Gasteiger partial charge is 0.495 e. The highest BCUT2D eigenvalue weighted by molar-refractivity contribution is 8.01. The van der Waals surface area contributed by atoms with Gasteiger partial charge in [-0.2, -0.15) is 4.37 Å². The third-order valence-electron chi connectivity index (χ3n) is 3.23. The van der Waals surface area contributed by atoms with Crippen molar-refractivity contribution in [2.75, 3.05) is 18.2 Å². The number of nitrogens with one attached hydrogen (secondary N) is 1. The molecule has 0 saturated heterocycles. The molecule has 128 valence electrons. The monoisotopic (exact) mass is 391 g/mol. The number of benzene rings is 2. The number of aromatic nitrogens is 2. The Morgan fingerprint density at radius 2 is 2.00 bits per heavy atom. The smallest absolute Gasteiger partial charge is 0.234 e. The van der Waals surface area contributed by atoms with Crippen LogP contribution in [0.3, 0.4) is 0 Å². The average Bonchev–Trinajstić information content (AvgIpc) is 3.09. The van der Waals surface area contributed by atoms with Crippen LogP contribution in [0, 0.1) is 0 Å². The lowest BCUT2D eigenvalue weighted by Crippen LogP contribution is -2.14. The van der Waals surface area contributed by atoms with Gasteiger partial charge in [-0.1, -0.05) is 47.6 Å². The second-order valence-electron chi connectivity index (χ2n) is 4.90. The number of carbonyl (C=O) groups is 1. The van der Waals surface area contributed by atoms with E-state index in [0.717, 1.165) is 5.56 Å². The fraction of sp³-hybridized carbons (Fsp3) is 0.118. The summed E-state index contributed by atoms with van der Waals surface area (Å²) in [6.45, 7) is 0. The Hall–Kier alpha value is -2.09. The Balaban J connectivity index is 1.61. The first-order valence-electron chi connectivity index (χ1n) is 7.31. The van der Waals surface area contributed by atoms with Gasteiger partial charge in [0.25, 0.3) is 0 Å². The molecule has 0 fully saturated rings. The summed E-state index contributed by atoms with van der Waals surface area (Å²) in [6.07, 6.45) is 0. The molecule has 0 aliphatic heterocycles. The topological polar surface area (TPSA) is 64.1 Å². The molecule has 3 aromatic rings. The first-order chi connectivity index (χ1) is 12.2. The van der Waals surface area contributed by atoms with Crippen molar-refractivity contribution in [3.05, 3.63) is 53.6 Å². The number of ether oxygens (including phenoxy) is 1. The zero-order chi connectivity index (χ0) is 17.6. The Bertz CT molecular complexity index is 886. The molecule has 1 aromatic heterocycles. The Labute approximate surface area is 158 Å². The quantitative estimate of drug-likeness (QED) is 0.622. The highest BCUT2D eigenvalue weighted by Gasteiger charge is 2.12. The van der Waals surface area contributed by atoms with Crippen molar-refractivity contribution in [2.24, 2.45) is 0 Å². The number of para-hydroxylation sites is 2. The SMILES string of the molecule is COc1ccccc1NC(=O)CSc1nc(-c2ccccc2Cl)ns1. The molecule has 1 N–H and O–H groups in total. The molecule has 1 amide bonds. The lowest BCUT2D eigenvalue weighted by atomic mass is 10.2. The summed E-state index contributed by atoms with van der Waals surface area (Å²) < 4.78 is 10.2. The minimum Gasteiger partial charge on any atom is -0.495 e. The number of anilines is 1. The normalized spacial score (nSPS) is 10.5. The van der Waals surface area contributed by atoms with Gasteiger partial charge in [-0.25, -0.2) is 4.98 Å². The summed E-state index contributed by atoms with van der Waals surface area (Å²) >= 11 is 8.74. The molecule has 0 unspecified atom stereocenters. The van der Waals surface area contributed by atoms with Crippen LogP contribution in [0.25, 0.3) is 11.4 Å². The molecule has 0 aliphatic carbocycles.